The molecular weight excluding hydrogens is 250 g/mol. The number of carboxylic acid groups (broad SMARTS) is 1. The highest BCUT2D eigenvalue weighted by Gasteiger charge is 2.32. The van der Waals surface area contributed by atoms with Gasteiger partial charge in [0, 0.05) is 12.6 Å². The number of hydrogen-bond donors (Lipinski definition) is 3. The normalized spacial score (nSPS) is 16.6. The molecule has 0 rings (SSSR count). The zero-order valence-electron chi connectivity index (χ0n) is 11.9. The Bertz CT molecular complexity index is 248. The van der Waals surface area contributed by atoms with Crippen molar-refractivity contribution in [3.63, 3.8) is 0 Å². The molecule has 0 amide bonds. The summed E-state index contributed by atoms with van der Waals surface area (Å²) in [5.74, 6) is 1.39. The standard InChI is InChI=1S/C13H27NO3S/c1-10(2)14-13(4,12(16)17)6-5-7-18-9-11(3)8-15/h10-11,14-15H,5-9H2,1-4H3,(H,16,17). The van der Waals surface area contributed by atoms with E-state index in [-0.39, 0.29) is 12.6 Å². The van der Waals surface area contributed by atoms with E-state index in [4.69, 9.17) is 5.11 Å². The van der Waals surface area contributed by atoms with Gasteiger partial charge in [-0.05, 0) is 51.0 Å². The van der Waals surface area contributed by atoms with E-state index < -0.39 is 11.5 Å². The lowest BCUT2D eigenvalue weighted by molar-refractivity contribution is -0.144. The van der Waals surface area contributed by atoms with Gasteiger partial charge in [0.15, 0.2) is 0 Å². The molecule has 0 bridgehead atoms. The smallest absolute Gasteiger partial charge is 0.323 e. The van der Waals surface area contributed by atoms with Crippen LogP contribution in [0, 0.1) is 5.92 Å². The minimum Gasteiger partial charge on any atom is -0.480 e. The summed E-state index contributed by atoms with van der Waals surface area (Å²) in [5, 5.41) is 21.3. The quantitative estimate of drug-likeness (QED) is 0.533. The number of rotatable bonds is 10. The van der Waals surface area contributed by atoms with E-state index in [9.17, 15) is 9.90 Å². The van der Waals surface area contributed by atoms with Crippen LogP contribution in [0.5, 0.6) is 0 Å². The van der Waals surface area contributed by atoms with Crippen LogP contribution in [-0.4, -0.2) is 45.9 Å². The van der Waals surface area contributed by atoms with Crippen molar-refractivity contribution in [2.24, 2.45) is 5.92 Å². The van der Waals surface area contributed by atoms with Crippen LogP contribution in [0.2, 0.25) is 0 Å². The summed E-state index contributed by atoms with van der Waals surface area (Å²) in [4.78, 5) is 11.3. The molecule has 0 fully saturated rings. The molecule has 0 heterocycles. The van der Waals surface area contributed by atoms with Crippen molar-refractivity contribution in [1.82, 2.24) is 5.32 Å². The number of thioether (sulfide) groups is 1. The van der Waals surface area contributed by atoms with Crippen LogP contribution in [0.25, 0.3) is 0 Å². The van der Waals surface area contributed by atoms with Crippen LogP contribution in [0.1, 0.15) is 40.5 Å². The molecule has 0 spiro atoms. The first-order chi connectivity index (χ1) is 8.31. The van der Waals surface area contributed by atoms with Crippen LogP contribution in [0.3, 0.4) is 0 Å². The Morgan fingerprint density at radius 3 is 2.44 bits per heavy atom. The van der Waals surface area contributed by atoms with Gasteiger partial charge in [-0.3, -0.25) is 10.1 Å². The molecule has 4 nitrogen and oxygen atoms in total. The number of aliphatic hydroxyl groups excluding tert-OH is 1. The Morgan fingerprint density at radius 1 is 1.39 bits per heavy atom. The number of carboxylic acids is 1. The van der Waals surface area contributed by atoms with Crippen LogP contribution >= 0.6 is 11.8 Å². The van der Waals surface area contributed by atoms with Crippen molar-refractivity contribution in [1.29, 1.82) is 0 Å². The third-order valence-electron chi connectivity index (χ3n) is 2.76. The van der Waals surface area contributed by atoms with Gasteiger partial charge in [0.05, 0.1) is 0 Å². The van der Waals surface area contributed by atoms with Gasteiger partial charge in [-0.15, -0.1) is 0 Å². The Balaban J connectivity index is 3.95. The Morgan fingerprint density at radius 2 is 2.00 bits per heavy atom. The van der Waals surface area contributed by atoms with E-state index in [1.807, 2.05) is 20.8 Å². The van der Waals surface area contributed by atoms with E-state index in [1.165, 1.54) is 0 Å². The summed E-state index contributed by atoms with van der Waals surface area (Å²) < 4.78 is 0. The number of nitrogens with one attached hydrogen (secondary N) is 1. The molecule has 0 aromatic rings. The highest BCUT2D eigenvalue weighted by Crippen LogP contribution is 2.17. The largest absolute Gasteiger partial charge is 0.480 e. The molecule has 0 aromatic heterocycles. The predicted molar refractivity (Wildman–Crippen MR) is 77.1 cm³/mol. The first-order valence-electron chi connectivity index (χ1n) is 6.51. The maximum atomic E-state index is 11.3. The van der Waals surface area contributed by atoms with E-state index in [2.05, 4.69) is 5.32 Å². The number of aliphatic hydroxyl groups is 1. The lowest BCUT2D eigenvalue weighted by Crippen LogP contribution is -2.52. The van der Waals surface area contributed by atoms with Crippen molar-refractivity contribution >= 4 is 17.7 Å². The summed E-state index contributed by atoms with van der Waals surface area (Å²) in [6.45, 7) is 7.89. The van der Waals surface area contributed by atoms with Gasteiger partial charge in [0.2, 0.25) is 0 Å². The Labute approximate surface area is 115 Å². The van der Waals surface area contributed by atoms with Crippen LogP contribution < -0.4 is 5.32 Å². The van der Waals surface area contributed by atoms with Gasteiger partial charge in [0.1, 0.15) is 5.54 Å². The molecule has 2 unspecified atom stereocenters. The second kappa shape index (κ2) is 8.77. The summed E-state index contributed by atoms with van der Waals surface area (Å²) in [6.07, 6.45) is 1.49. The van der Waals surface area contributed by atoms with Gasteiger partial charge in [-0.1, -0.05) is 6.92 Å². The lowest BCUT2D eigenvalue weighted by Gasteiger charge is -2.28. The highest BCUT2D eigenvalue weighted by atomic mass is 32.2. The number of carbonyl (C=O) groups is 1. The third-order valence-corrected chi connectivity index (χ3v) is 4.14. The summed E-state index contributed by atoms with van der Waals surface area (Å²) >= 11 is 1.78. The monoisotopic (exact) mass is 277 g/mol. The molecule has 0 saturated heterocycles. The van der Waals surface area contributed by atoms with Crippen molar-refractivity contribution in [2.45, 2.75) is 52.1 Å². The first-order valence-corrected chi connectivity index (χ1v) is 7.67. The summed E-state index contributed by atoms with van der Waals surface area (Å²) in [5.41, 5.74) is -0.836. The number of hydrogen-bond acceptors (Lipinski definition) is 4. The molecule has 0 aliphatic heterocycles. The molecule has 0 radical (unpaired) electrons. The number of aliphatic carboxylic acids is 1. The SMILES string of the molecule is CC(CO)CSCCCC(C)(NC(C)C)C(=O)O. The van der Waals surface area contributed by atoms with Crippen molar-refractivity contribution in [2.75, 3.05) is 18.1 Å². The van der Waals surface area contributed by atoms with E-state index in [0.29, 0.717) is 12.3 Å². The summed E-state index contributed by atoms with van der Waals surface area (Å²) in [6, 6.07) is 0.160. The van der Waals surface area contributed by atoms with Crippen LogP contribution in [0.4, 0.5) is 0 Å². The van der Waals surface area contributed by atoms with Crippen LogP contribution in [0.15, 0.2) is 0 Å². The Kier molecular flexibility index (Phi) is 8.65. The zero-order chi connectivity index (χ0) is 14.2. The summed E-state index contributed by atoms with van der Waals surface area (Å²) in [7, 11) is 0. The molecular formula is C13H27NO3S. The molecule has 108 valence electrons. The molecule has 0 aliphatic rings. The highest BCUT2D eigenvalue weighted by molar-refractivity contribution is 7.99. The minimum atomic E-state index is -0.836. The van der Waals surface area contributed by atoms with Gasteiger partial charge < -0.3 is 10.2 Å². The van der Waals surface area contributed by atoms with Crippen molar-refractivity contribution < 1.29 is 15.0 Å². The average Bonchev–Trinajstić information content (AvgIpc) is 2.27. The fourth-order valence-electron chi connectivity index (χ4n) is 1.74. The van der Waals surface area contributed by atoms with Gasteiger partial charge >= 0.3 is 5.97 Å². The lowest BCUT2D eigenvalue weighted by atomic mass is 9.95. The second-order valence-corrected chi connectivity index (χ2v) is 6.55. The van der Waals surface area contributed by atoms with Gasteiger partial charge in [-0.25, -0.2) is 0 Å². The third kappa shape index (κ3) is 7.24. The van der Waals surface area contributed by atoms with E-state index in [0.717, 1.165) is 17.9 Å². The molecule has 2 atom stereocenters. The molecule has 0 aromatic carbocycles. The fraction of sp³-hybridized carbons (Fsp3) is 0.923. The molecule has 3 N–H and O–H groups in total. The fourth-order valence-corrected chi connectivity index (χ4v) is 2.77. The first kappa shape index (κ1) is 17.7. The second-order valence-electron chi connectivity index (χ2n) is 5.40. The molecule has 18 heavy (non-hydrogen) atoms. The van der Waals surface area contributed by atoms with Gasteiger partial charge in [0.25, 0.3) is 0 Å². The van der Waals surface area contributed by atoms with Crippen molar-refractivity contribution in [3.8, 4) is 0 Å². The molecule has 0 saturated carbocycles. The predicted octanol–water partition coefficient (Wildman–Crippen LogP) is 1.97. The average molecular weight is 277 g/mol. The minimum absolute atomic E-state index is 0.160. The zero-order valence-corrected chi connectivity index (χ0v) is 12.7. The van der Waals surface area contributed by atoms with Crippen LogP contribution in [-0.2, 0) is 4.79 Å². The molecule has 0 aliphatic carbocycles. The van der Waals surface area contributed by atoms with E-state index >= 15 is 0 Å². The molecule has 5 heteroatoms. The van der Waals surface area contributed by atoms with E-state index in [1.54, 1.807) is 18.7 Å². The maximum absolute atomic E-state index is 11.3. The Hall–Kier alpha value is -0.260. The van der Waals surface area contributed by atoms with Gasteiger partial charge in [-0.2, -0.15) is 11.8 Å². The van der Waals surface area contributed by atoms with Crippen molar-refractivity contribution in [3.05, 3.63) is 0 Å². The maximum Gasteiger partial charge on any atom is 0.323 e. The topological polar surface area (TPSA) is 69.6 Å².